The van der Waals surface area contributed by atoms with Gasteiger partial charge in [0.15, 0.2) is 0 Å². The Morgan fingerprint density at radius 1 is 1.06 bits per heavy atom. The van der Waals surface area contributed by atoms with Crippen molar-refractivity contribution in [2.75, 3.05) is 0 Å². The SMILES string of the molecule is CCC(C)SSC(OC(C)C)c1ccccc1. The quantitative estimate of drug-likeness (QED) is 0.492. The molecule has 0 aliphatic heterocycles. The van der Waals surface area contributed by atoms with Gasteiger partial charge >= 0.3 is 0 Å². The molecule has 1 aromatic rings. The van der Waals surface area contributed by atoms with Crippen LogP contribution in [0.4, 0.5) is 0 Å². The normalized spacial score (nSPS) is 14.9. The first kappa shape index (κ1) is 14.9. The van der Waals surface area contributed by atoms with E-state index in [0.29, 0.717) is 5.25 Å². The van der Waals surface area contributed by atoms with Crippen LogP contribution in [0.25, 0.3) is 0 Å². The van der Waals surface area contributed by atoms with Crippen molar-refractivity contribution in [3.05, 3.63) is 35.9 Å². The molecule has 0 bridgehead atoms. The lowest BCUT2D eigenvalue weighted by Gasteiger charge is -2.21. The van der Waals surface area contributed by atoms with Crippen LogP contribution in [0.3, 0.4) is 0 Å². The maximum Gasteiger partial charge on any atom is 0.138 e. The largest absolute Gasteiger partial charge is 0.359 e. The standard InChI is InChI=1S/C14H22OS2/c1-5-12(4)16-17-14(15-11(2)3)13-9-7-6-8-10-13/h6-12,14H,5H2,1-4H3. The Morgan fingerprint density at radius 2 is 1.71 bits per heavy atom. The van der Waals surface area contributed by atoms with Crippen molar-refractivity contribution in [1.82, 2.24) is 0 Å². The Hall–Kier alpha value is -0.120. The topological polar surface area (TPSA) is 9.23 Å². The molecule has 1 nitrogen and oxygen atoms in total. The first-order valence-electron chi connectivity index (χ1n) is 6.16. The molecule has 0 fully saturated rings. The molecule has 0 radical (unpaired) electrons. The molecule has 2 atom stereocenters. The molecule has 2 unspecified atom stereocenters. The van der Waals surface area contributed by atoms with E-state index in [2.05, 4.69) is 52.0 Å². The maximum atomic E-state index is 5.97. The minimum atomic E-state index is 0.134. The molecule has 0 aromatic heterocycles. The van der Waals surface area contributed by atoms with Gasteiger partial charge in [0.2, 0.25) is 0 Å². The third kappa shape index (κ3) is 5.84. The van der Waals surface area contributed by atoms with E-state index < -0.39 is 0 Å². The third-order valence-electron chi connectivity index (χ3n) is 2.35. The summed E-state index contributed by atoms with van der Waals surface area (Å²) in [6, 6.07) is 10.5. The summed E-state index contributed by atoms with van der Waals surface area (Å²) in [4.78, 5) is 0. The summed E-state index contributed by atoms with van der Waals surface area (Å²) >= 11 is 0. The average Bonchev–Trinajstić information content (AvgIpc) is 2.34. The lowest BCUT2D eigenvalue weighted by Crippen LogP contribution is -2.07. The van der Waals surface area contributed by atoms with Crippen LogP contribution in [0.2, 0.25) is 0 Å². The fourth-order valence-electron chi connectivity index (χ4n) is 1.23. The van der Waals surface area contributed by atoms with E-state index in [1.807, 2.05) is 27.7 Å². The van der Waals surface area contributed by atoms with Crippen LogP contribution in [0.15, 0.2) is 30.3 Å². The van der Waals surface area contributed by atoms with Crippen molar-refractivity contribution in [3.8, 4) is 0 Å². The number of hydrogen-bond donors (Lipinski definition) is 0. The second kappa shape index (κ2) is 8.06. The first-order chi connectivity index (χ1) is 8.13. The van der Waals surface area contributed by atoms with E-state index >= 15 is 0 Å². The zero-order valence-electron chi connectivity index (χ0n) is 11.1. The summed E-state index contributed by atoms with van der Waals surface area (Å²) in [6.45, 7) is 8.66. The van der Waals surface area contributed by atoms with Gasteiger partial charge in [-0.2, -0.15) is 0 Å². The van der Waals surface area contributed by atoms with Gasteiger partial charge in [-0.1, -0.05) is 65.8 Å². The van der Waals surface area contributed by atoms with E-state index in [1.165, 1.54) is 12.0 Å². The minimum Gasteiger partial charge on any atom is -0.359 e. The van der Waals surface area contributed by atoms with Gasteiger partial charge in [0.05, 0.1) is 6.10 Å². The molecule has 0 aliphatic carbocycles. The van der Waals surface area contributed by atoms with Crippen molar-refractivity contribution < 1.29 is 4.74 Å². The first-order valence-corrected chi connectivity index (χ1v) is 8.43. The molecule has 0 N–H and O–H groups in total. The van der Waals surface area contributed by atoms with E-state index in [1.54, 1.807) is 0 Å². The number of rotatable bonds is 7. The predicted molar refractivity (Wildman–Crippen MR) is 80.3 cm³/mol. The fraction of sp³-hybridized carbons (Fsp3) is 0.571. The lowest BCUT2D eigenvalue weighted by molar-refractivity contribution is 0.0599. The number of hydrogen-bond acceptors (Lipinski definition) is 3. The van der Waals surface area contributed by atoms with E-state index in [9.17, 15) is 0 Å². The number of ether oxygens (including phenoxy) is 1. The summed E-state index contributed by atoms with van der Waals surface area (Å²) in [6.07, 6.45) is 1.45. The van der Waals surface area contributed by atoms with Gasteiger partial charge in [0.25, 0.3) is 0 Å². The summed E-state index contributed by atoms with van der Waals surface area (Å²) in [7, 11) is 3.74. The monoisotopic (exact) mass is 270 g/mol. The maximum absolute atomic E-state index is 5.97. The molecular weight excluding hydrogens is 248 g/mol. The Kier molecular flexibility index (Phi) is 7.09. The molecule has 0 amide bonds. The van der Waals surface area contributed by atoms with Gasteiger partial charge in [0.1, 0.15) is 5.44 Å². The minimum absolute atomic E-state index is 0.134. The van der Waals surface area contributed by atoms with Crippen molar-refractivity contribution in [2.45, 2.75) is 50.9 Å². The second-order valence-corrected chi connectivity index (χ2v) is 7.11. The highest BCUT2D eigenvalue weighted by Gasteiger charge is 2.15. The molecule has 0 spiro atoms. The Labute approximate surface area is 113 Å². The van der Waals surface area contributed by atoms with Crippen LogP contribution in [-0.4, -0.2) is 11.4 Å². The zero-order valence-corrected chi connectivity index (χ0v) is 12.7. The highest BCUT2D eigenvalue weighted by atomic mass is 33.1. The molecule has 0 heterocycles. The summed E-state index contributed by atoms with van der Waals surface area (Å²) in [5.74, 6) is 0. The van der Waals surface area contributed by atoms with Crippen molar-refractivity contribution in [1.29, 1.82) is 0 Å². The van der Waals surface area contributed by atoms with Crippen LogP contribution >= 0.6 is 21.6 Å². The molecule has 17 heavy (non-hydrogen) atoms. The van der Waals surface area contributed by atoms with Gasteiger partial charge in [-0.25, -0.2) is 0 Å². The molecule has 0 saturated heterocycles. The number of benzene rings is 1. The molecule has 1 aromatic carbocycles. The van der Waals surface area contributed by atoms with Crippen LogP contribution in [0, 0.1) is 0 Å². The smallest absolute Gasteiger partial charge is 0.138 e. The predicted octanol–water partition coefficient (Wildman–Crippen LogP) is 5.29. The molecule has 3 heteroatoms. The average molecular weight is 270 g/mol. The molecule has 0 aliphatic rings. The van der Waals surface area contributed by atoms with Gasteiger partial charge in [-0.3, -0.25) is 0 Å². The fourth-order valence-corrected chi connectivity index (χ4v) is 3.94. The van der Waals surface area contributed by atoms with E-state index in [-0.39, 0.29) is 11.5 Å². The van der Waals surface area contributed by atoms with Crippen molar-refractivity contribution >= 4 is 21.6 Å². The molecule has 96 valence electrons. The Morgan fingerprint density at radius 3 is 2.24 bits per heavy atom. The molecule has 1 rings (SSSR count). The van der Waals surface area contributed by atoms with Gasteiger partial charge in [0, 0.05) is 5.25 Å². The third-order valence-corrected chi connectivity index (χ3v) is 5.52. The van der Waals surface area contributed by atoms with Crippen LogP contribution in [-0.2, 0) is 4.74 Å². The summed E-state index contributed by atoms with van der Waals surface area (Å²) in [5, 5.41) is 0.668. The van der Waals surface area contributed by atoms with Crippen LogP contribution < -0.4 is 0 Å². The molecular formula is C14H22OS2. The highest BCUT2D eigenvalue weighted by molar-refractivity contribution is 8.76. The van der Waals surface area contributed by atoms with Crippen molar-refractivity contribution in [3.63, 3.8) is 0 Å². The van der Waals surface area contributed by atoms with Gasteiger partial charge in [-0.15, -0.1) is 0 Å². The second-order valence-electron chi connectivity index (χ2n) is 4.34. The molecule has 0 saturated carbocycles. The Bertz CT molecular complexity index is 300. The van der Waals surface area contributed by atoms with Crippen LogP contribution in [0.1, 0.15) is 45.1 Å². The lowest BCUT2D eigenvalue weighted by atomic mass is 10.2. The Balaban J connectivity index is 2.61. The van der Waals surface area contributed by atoms with Gasteiger partial charge < -0.3 is 4.74 Å². The zero-order chi connectivity index (χ0) is 12.7. The summed E-state index contributed by atoms with van der Waals surface area (Å²) < 4.78 is 5.97. The summed E-state index contributed by atoms with van der Waals surface area (Å²) in [5.41, 5.74) is 1.39. The highest BCUT2D eigenvalue weighted by Crippen LogP contribution is 2.42. The van der Waals surface area contributed by atoms with E-state index in [0.717, 1.165) is 0 Å². The van der Waals surface area contributed by atoms with Crippen molar-refractivity contribution in [2.24, 2.45) is 0 Å². The van der Waals surface area contributed by atoms with Crippen LogP contribution in [0.5, 0.6) is 0 Å². The van der Waals surface area contributed by atoms with Gasteiger partial charge in [-0.05, 0) is 25.8 Å². The van der Waals surface area contributed by atoms with E-state index in [4.69, 9.17) is 4.74 Å².